The summed E-state index contributed by atoms with van der Waals surface area (Å²) in [6, 6.07) is 0.0394. The molecule has 3 atom stereocenters. The minimum absolute atomic E-state index is 0.0135. The highest BCUT2D eigenvalue weighted by atomic mass is 19.1. The molecular formula is C32H47FN4. The molecule has 1 fully saturated rings. The molecule has 2 aliphatic rings. The van der Waals surface area contributed by atoms with E-state index in [9.17, 15) is 4.39 Å². The standard InChI is InChI=1S/C32H47FN4/c1-9-11-12-18-35-37-25(7)24(6)36-26(8)31-23(5)29(20-34-31)32(16-17-32)27-14-15-28(30(33)13-10-2)22(4)21(3)19-27/h12,14-15,18-20,22,24,30,34-36H,8-11,13,16-17H2,1-7H3/b18-12+,37-25+. The summed E-state index contributed by atoms with van der Waals surface area (Å²) in [5.74, 6) is 0.126. The first-order chi connectivity index (χ1) is 17.7. The second kappa shape index (κ2) is 12.6. The van der Waals surface area contributed by atoms with Gasteiger partial charge in [-0.15, -0.1) is 0 Å². The van der Waals surface area contributed by atoms with Gasteiger partial charge in [-0.1, -0.05) is 70.1 Å². The molecule has 1 aromatic rings. The normalized spacial score (nSPS) is 21.0. The lowest BCUT2D eigenvalue weighted by atomic mass is 9.84. The molecule has 3 unspecified atom stereocenters. The number of hydrogen-bond donors (Lipinski definition) is 3. The first-order valence-electron chi connectivity index (χ1n) is 14.0. The first-order valence-corrected chi connectivity index (χ1v) is 14.0. The fraction of sp³-hybridized carbons (Fsp3) is 0.531. The molecule has 3 N–H and O–H groups in total. The Kier molecular flexibility index (Phi) is 9.80. The Bertz CT molecular complexity index is 1110. The number of rotatable bonds is 13. The molecule has 202 valence electrons. The highest BCUT2D eigenvalue weighted by Gasteiger charge is 2.48. The molecule has 37 heavy (non-hydrogen) atoms. The van der Waals surface area contributed by atoms with Gasteiger partial charge >= 0.3 is 0 Å². The predicted octanol–water partition coefficient (Wildman–Crippen LogP) is 8.17. The van der Waals surface area contributed by atoms with Crippen LogP contribution in [0.4, 0.5) is 4.39 Å². The van der Waals surface area contributed by atoms with Crippen LogP contribution in [-0.4, -0.2) is 22.9 Å². The molecule has 0 aromatic carbocycles. The molecule has 0 aliphatic heterocycles. The van der Waals surface area contributed by atoms with Gasteiger partial charge in [0.1, 0.15) is 6.17 Å². The monoisotopic (exact) mass is 506 g/mol. The van der Waals surface area contributed by atoms with E-state index in [4.69, 9.17) is 0 Å². The Morgan fingerprint density at radius 1 is 1.27 bits per heavy atom. The average Bonchev–Trinajstić information content (AvgIpc) is 3.59. The Balaban J connectivity index is 1.78. The Hall–Kier alpha value is -2.82. The number of H-pyrrole nitrogens is 1. The summed E-state index contributed by atoms with van der Waals surface area (Å²) < 4.78 is 14.9. The fourth-order valence-electron chi connectivity index (χ4n) is 5.23. The van der Waals surface area contributed by atoms with Crippen molar-refractivity contribution in [2.75, 3.05) is 0 Å². The van der Waals surface area contributed by atoms with Crippen LogP contribution in [0.25, 0.3) is 5.70 Å². The van der Waals surface area contributed by atoms with Crippen LogP contribution < -0.4 is 10.7 Å². The summed E-state index contributed by atoms with van der Waals surface area (Å²) in [6.07, 6.45) is 17.6. The molecule has 0 spiro atoms. The van der Waals surface area contributed by atoms with Crippen LogP contribution in [0.15, 0.2) is 65.1 Å². The van der Waals surface area contributed by atoms with E-state index in [0.717, 1.165) is 54.8 Å². The van der Waals surface area contributed by atoms with Crippen molar-refractivity contribution in [2.45, 2.75) is 105 Å². The van der Waals surface area contributed by atoms with Crippen LogP contribution in [-0.2, 0) is 5.41 Å². The Morgan fingerprint density at radius 2 is 2.00 bits per heavy atom. The molecule has 2 aliphatic carbocycles. The number of nitrogens with one attached hydrogen (secondary N) is 3. The molecule has 0 saturated heterocycles. The largest absolute Gasteiger partial charge is 0.376 e. The van der Waals surface area contributed by atoms with Crippen molar-refractivity contribution in [2.24, 2.45) is 11.0 Å². The summed E-state index contributed by atoms with van der Waals surface area (Å²) in [7, 11) is 0. The predicted molar refractivity (Wildman–Crippen MR) is 157 cm³/mol. The van der Waals surface area contributed by atoms with Crippen LogP contribution in [0.5, 0.6) is 0 Å². The first kappa shape index (κ1) is 28.7. The van der Waals surface area contributed by atoms with Gasteiger partial charge in [0.05, 0.1) is 23.1 Å². The summed E-state index contributed by atoms with van der Waals surface area (Å²) in [4.78, 5) is 3.50. The van der Waals surface area contributed by atoms with Crippen molar-refractivity contribution in [3.8, 4) is 0 Å². The Morgan fingerprint density at radius 3 is 2.65 bits per heavy atom. The quantitative estimate of drug-likeness (QED) is 0.187. The highest BCUT2D eigenvalue weighted by molar-refractivity contribution is 5.88. The van der Waals surface area contributed by atoms with Crippen LogP contribution in [0.2, 0.25) is 0 Å². The average molecular weight is 507 g/mol. The number of aromatic nitrogens is 1. The minimum Gasteiger partial charge on any atom is -0.376 e. The van der Waals surface area contributed by atoms with Crippen molar-refractivity contribution >= 4 is 11.4 Å². The lowest BCUT2D eigenvalue weighted by molar-refractivity contribution is 0.340. The SMILES string of the molecule is C=C(NC(C)/C(C)=N/N/C=C/CCC)c1[nH]cc(C2(C3=CC=C(C(F)CCC)C(C)C(C)=C3)CC2)c1C. The smallest absolute Gasteiger partial charge is 0.122 e. The summed E-state index contributed by atoms with van der Waals surface area (Å²) in [6.45, 7) is 19.1. The second-order valence-electron chi connectivity index (χ2n) is 10.9. The fourth-order valence-corrected chi connectivity index (χ4v) is 5.23. The molecule has 1 saturated carbocycles. The van der Waals surface area contributed by atoms with Crippen LogP contribution in [0.3, 0.4) is 0 Å². The number of aromatic amines is 1. The maximum Gasteiger partial charge on any atom is 0.122 e. The zero-order valence-corrected chi connectivity index (χ0v) is 24.0. The van der Waals surface area contributed by atoms with Crippen molar-refractivity contribution in [1.82, 2.24) is 15.7 Å². The van der Waals surface area contributed by atoms with E-state index in [1.807, 2.05) is 20.0 Å². The number of nitrogens with zero attached hydrogens (tertiary/aromatic N) is 1. The van der Waals surface area contributed by atoms with E-state index in [0.29, 0.717) is 6.42 Å². The van der Waals surface area contributed by atoms with E-state index < -0.39 is 6.17 Å². The highest BCUT2D eigenvalue weighted by Crippen LogP contribution is 2.56. The Labute approximate surface area is 224 Å². The molecule has 0 amide bonds. The molecular weight excluding hydrogens is 459 g/mol. The maximum absolute atomic E-state index is 14.9. The number of hydrazone groups is 1. The van der Waals surface area contributed by atoms with Crippen molar-refractivity contribution in [3.63, 3.8) is 0 Å². The minimum atomic E-state index is -0.874. The lowest BCUT2D eigenvalue weighted by Gasteiger charge is -2.20. The molecule has 1 heterocycles. The number of unbranched alkanes of at least 4 members (excludes halogenated alkanes) is 1. The van der Waals surface area contributed by atoms with Gasteiger partial charge < -0.3 is 10.3 Å². The van der Waals surface area contributed by atoms with E-state index in [-0.39, 0.29) is 17.4 Å². The van der Waals surface area contributed by atoms with E-state index in [2.05, 4.69) is 92.5 Å². The number of halogens is 1. The van der Waals surface area contributed by atoms with Gasteiger partial charge in [-0.2, -0.15) is 5.10 Å². The molecule has 0 bridgehead atoms. The van der Waals surface area contributed by atoms with E-state index in [1.165, 1.54) is 22.3 Å². The summed E-state index contributed by atoms with van der Waals surface area (Å²) in [5, 5.41) is 7.96. The molecule has 4 nitrogen and oxygen atoms in total. The van der Waals surface area contributed by atoms with Gasteiger partial charge in [-0.25, -0.2) is 4.39 Å². The lowest BCUT2D eigenvalue weighted by Crippen LogP contribution is -2.32. The van der Waals surface area contributed by atoms with Crippen molar-refractivity contribution < 1.29 is 4.39 Å². The number of alkyl halides is 1. The molecule has 5 heteroatoms. The third-order valence-electron chi connectivity index (χ3n) is 8.09. The van der Waals surface area contributed by atoms with Gasteiger partial charge in [0.15, 0.2) is 0 Å². The van der Waals surface area contributed by atoms with Crippen LogP contribution in [0.1, 0.15) is 96.9 Å². The van der Waals surface area contributed by atoms with Gasteiger partial charge in [-0.05, 0) is 75.7 Å². The second-order valence-corrected chi connectivity index (χ2v) is 10.9. The van der Waals surface area contributed by atoms with E-state index in [1.54, 1.807) is 0 Å². The molecule has 1 aromatic heterocycles. The van der Waals surface area contributed by atoms with Gasteiger partial charge in [0, 0.05) is 23.7 Å². The molecule has 3 rings (SSSR count). The summed E-state index contributed by atoms with van der Waals surface area (Å²) in [5.41, 5.74) is 11.8. The van der Waals surface area contributed by atoms with Crippen LogP contribution >= 0.6 is 0 Å². The van der Waals surface area contributed by atoms with E-state index >= 15 is 0 Å². The third-order valence-corrected chi connectivity index (χ3v) is 8.09. The number of hydrogen-bond acceptors (Lipinski definition) is 3. The van der Waals surface area contributed by atoms with Gasteiger partial charge in [0.2, 0.25) is 0 Å². The summed E-state index contributed by atoms with van der Waals surface area (Å²) >= 11 is 0. The van der Waals surface area contributed by atoms with Gasteiger partial charge in [0.25, 0.3) is 0 Å². The van der Waals surface area contributed by atoms with Crippen molar-refractivity contribution in [3.05, 3.63) is 76.8 Å². The maximum atomic E-state index is 14.9. The zero-order valence-electron chi connectivity index (χ0n) is 24.0. The zero-order chi connectivity index (χ0) is 27.2. The van der Waals surface area contributed by atoms with Gasteiger partial charge in [-0.3, -0.25) is 5.43 Å². The number of allylic oxidation sites excluding steroid dienone is 7. The topological polar surface area (TPSA) is 52.2 Å². The third kappa shape index (κ3) is 6.55. The van der Waals surface area contributed by atoms with Crippen LogP contribution in [0, 0.1) is 12.8 Å². The van der Waals surface area contributed by atoms with Crippen molar-refractivity contribution in [1.29, 1.82) is 0 Å². The molecule has 0 radical (unpaired) electrons.